The average molecular weight is 355 g/mol. The summed E-state index contributed by atoms with van der Waals surface area (Å²) in [4.78, 5) is 17.0. The van der Waals surface area contributed by atoms with Gasteiger partial charge < -0.3 is 19.9 Å². The molecule has 2 heterocycles. The maximum atomic E-state index is 12.5. The van der Waals surface area contributed by atoms with Crippen molar-refractivity contribution in [3.8, 4) is 0 Å². The first kappa shape index (κ1) is 18.6. The van der Waals surface area contributed by atoms with Crippen molar-refractivity contribution in [1.82, 2.24) is 20.8 Å². The van der Waals surface area contributed by atoms with Gasteiger partial charge >= 0.3 is 0 Å². The maximum absolute atomic E-state index is 12.5. The van der Waals surface area contributed by atoms with Gasteiger partial charge in [-0.1, -0.05) is 5.16 Å². The van der Waals surface area contributed by atoms with E-state index in [1.165, 1.54) is 0 Å². The number of carbonyl (C=O) groups excluding carboxylic acids is 1. The van der Waals surface area contributed by atoms with Crippen LogP contribution in [-0.2, 0) is 4.74 Å². The number of hydrogen-bond acceptors (Lipinski definition) is 6. The lowest BCUT2D eigenvalue weighted by Crippen LogP contribution is -2.33. The average Bonchev–Trinajstić information content (AvgIpc) is 3.34. The Morgan fingerprint density at radius 2 is 2.17 bits per heavy atom. The Hall–Kier alpha value is -1.70. The molecular weight excluding hydrogens is 332 g/mol. The van der Waals surface area contributed by atoms with Crippen LogP contribution in [0.15, 0.2) is 10.6 Å². The second-order valence-electron chi connectivity index (χ2n) is 5.82. The summed E-state index contributed by atoms with van der Waals surface area (Å²) in [5.74, 6) is 0.339. The molecule has 1 aliphatic rings. The van der Waals surface area contributed by atoms with Crippen LogP contribution in [0, 0.1) is 6.92 Å². The normalized spacial score (nSPS) is 13.8. The Balaban J connectivity index is 0.00000208. The summed E-state index contributed by atoms with van der Waals surface area (Å²) in [7, 11) is 1.66. The van der Waals surface area contributed by atoms with E-state index in [9.17, 15) is 4.79 Å². The van der Waals surface area contributed by atoms with Gasteiger partial charge in [0.15, 0.2) is 0 Å². The SMILES string of the molecule is COCCNCCNC(=O)c1cc(C2CC2)nc2onc(C)c12.Cl. The van der Waals surface area contributed by atoms with Gasteiger partial charge in [0.05, 0.1) is 23.3 Å². The van der Waals surface area contributed by atoms with Gasteiger partial charge in [0.25, 0.3) is 11.6 Å². The molecule has 132 valence electrons. The lowest BCUT2D eigenvalue weighted by Gasteiger charge is -2.08. The van der Waals surface area contributed by atoms with Gasteiger partial charge in [0.1, 0.15) is 0 Å². The third-order valence-corrected chi connectivity index (χ3v) is 3.95. The largest absolute Gasteiger partial charge is 0.383 e. The molecule has 7 nitrogen and oxygen atoms in total. The molecule has 24 heavy (non-hydrogen) atoms. The number of amides is 1. The van der Waals surface area contributed by atoms with Crippen LogP contribution >= 0.6 is 12.4 Å². The Morgan fingerprint density at radius 3 is 2.88 bits per heavy atom. The predicted molar refractivity (Wildman–Crippen MR) is 92.8 cm³/mol. The zero-order valence-corrected chi connectivity index (χ0v) is 14.7. The molecule has 8 heteroatoms. The van der Waals surface area contributed by atoms with Crippen molar-refractivity contribution in [2.45, 2.75) is 25.7 Å². The minimum atomic E-state index is -0.112. The number of halogens is 1. The van der Waals surface area contributed by atoms with Gasteiger partial charge in [-0.2, -0.15) is 0 Å². The summed E-state index contributed by atoms with van der Waals surface area (Å²) in [6.45, 7) is 4.50. The maximum Gasteiger partial charge on any atom is 0.259 e. The summed E-state index contributed by atoms with van der Waals surface area (Å²) < 4.78 is 10.2. The number of fused-ring (bicyclic) bond motifs is 1. The van der Waals surface area contributed by atoms with E-state index in [2.05, 4.69) is 20.8 Å². The number of hydrogen-bond donors (Lipinski definition) is 2. The van der Waals surface area contributed by atoms with Crippen LogP contribution in [0.4, 0.5) is 0 Å². The molecule has 2 aromatic heterocycles. The molecule has 0 aliphatic heterocycles. The van der Waals surface area contributed by atoms with Gasteiger partial charge in [0.2, 0.25) is 0 Å². The highest BCUT2D eigenvalue weighted by Gasteiger charge is 2.28. The molecule has 0 radical (unpaired) electrons. The summed E-state index contributed by atoms with van der Waals surface area (Å²) in [6, 6.07) is 1.89. The number of nitrogens with zero attached hydrogens (tertiary/aromatic N) is 2. The van der Waals surface area contributed by atoms with E-state index < -0.39 is 0 Å². The Bertz CT molecular complexity index is 700. The van der Waals surface area contributed by atoms with Crippen LogP contribution in [0.5, 0.6) is 0 Å². The van der Waals surface area contributed by atoms with Crippen molar-refractivity contribution in [3.63, 3.8) is 0 Å². The summed E-state index contributed by atoms with van der Waals surface area (Å²) in [6.07, 6.45) is 2.24. The first-order valence-electron chi connectivity index (χ1n) is 7.95. The molecule has 0 saturated heterocycles. The van der Waals surface area contributed by atoms with E-state index >= 15 is 0 Å². The van der Waals surface area contributed by atoms with Gasteiger partial charge in [-0.05, 0) is 25.8 Å². The van der Waals surface area contributed by atoms with Crippen molar-refractivity contribution >= 4 is 29.4 Å². The molecule has 0 atom stereocenters. The van der Waals surface area contributed by atoms with Gasteiger partial charge in [-0.15, -0.1) is 12.4 Å². The predicted octanol–water partition coefficient (Wildman–Crippen LogP) is 1.80. The lowest BCUT2D eigenvalue weighted by molar-refractivity contribution is 0.0955. The zero-order valence-electron chi connectivity index (χ0n) is 13.9. The van der Waals surface area contributed by atoms with Crippen molar-refractivity contribution in [3.05, 3.63) is 23.0 Å². The summed E-state index contributed by atoms with van der Waals surface area (Å²) >= 11 is 0. The number of carbonyl (C=O) groups is 1. The number of methoxy groups -OCH3 is 1. The van der Waals surface area contributed by atoms with Crippen molar-refractivity contribution in [2.75, 3.05) is 33.4 Å². The number of aryl methyl sites for hydroxylation is 1. The Kier molecular flexibility index (Phi) is 6.53. The number of pyridine rings is 1. The molecule has 0 spiro atoms. The third kappa shape index (κ3) is 4.23. The molecule has 0 unspecified atom stereocenters. The van der Waals surface area contributed by atoms with E-state index in [4.69, 9.17) is 9.26 Å². The molecular formula is C16H23ClN4O3. The quantitative estimate of drug-likeness (QED) is 0.703. The smallest absolute Gasteiger partial charge is 0.259 e. The number of aromatic nitrogens is 2. The highest BCUT2D eigenvalue weighted by atomic mass is 35.5. The molecule has 2 N–H and O–H groups in total. The molecule has 1 saturated carbocycles. The van der Waals surface area contributed by atoms with E-state index in [1.54, 1.807) is 7.11 Å². The molecule has 0 aromatic carbocycles. The van der Waals surface area contributed by atoms with Crippen LogP contribution in [0.25, 0.3) is 11.1 Å². The molecule has 2 aromatic rings. The topological polar surface area (TPSA) is 89.3 Å². The van der Waals surface area contributed by atoms with Gasteiger partial charge in [0, 0.05) is 38.4 Å². The fraction of sp³-hybridized carbons (Fsp3) is 0.562. The van der Waals surface area contributed by atoms with Crippen LogP contribution in [0.1, 0.15) is 40.5 Å². The number of rotatable bonds is 8. The number of ether oxygens (including phenoxy) is 1. The van der Waals surface area contributed by atoms with E-state index in [0.717, 1.165) is 25.1 Å². The van der Waals surface area contributed by atoms with Crippen molar-refractivity contribution in [2.24, 2.45) is 0 Å². The third-order valence-electron chi connectivity index (χ3n) is 3.95. The van der Waals surface area contributed by atoms with E-state index in [0.29, 0.717) is 48.0 Å². The van der Waals surface area contributed by atoms with E-state index in [1.807, 2.05) is 13.0 Å². The highest BCUT2D eigenvalue weighted by Crippen LogP contribution is 2.40. The minimum absolute atomic E-state index is 0. The highest BCUT2D eigenvalue weighted by molar-refractivity contribution is 6.06. The molecule has 1 fully saturated rings. The monoisotopic (exact) mass is 354 g/mol. The minimum Gasteiger partial charge on any atom is -0.383 e. The fourth-order valence-corrected chi connectivity index (χ4v) is 2.54. The molecule has 1 aliphatic carbocycles. The lowest BCUT2D eigenvalue weighted by atomic mass is 10.1. The Labute approximate surface area is 146 Å². The molecule has 0 bridgehead atoms. The van der Waals surface area contributed by atoms with Crippen molar-refractivity contribution < 1.29 is 14.1 Å². The molecule has 1 amide bonds. The first-order chi connectivity index (χ1) is 11.2. The summed E-state index contributed by atoms with van der Waals surface area (Å²) in [5.41, 5.74) is 2.68. The van der Waals surface area contributed by atoms with E-state index in [-0.39, 0.29) is 18.3 Å². The first-order valence-corrected chi connectivity index (χ1v) is 7.95. The van der Waals surface area contributed by atoms with Crippen molar-refractivity contribution in [1.29, 1.82) is 0 Å². The van der Waals surface area contributed by atoms with Gasteiger partial charge in [-0.25, -0.2) is 4.98 Å². The standard InChI is InChI=1S/C16H22N4O3.ClH/c1-10-14-12(15(21)18-6-5-17-7-8-22-2)9-13(11-3-4-11)19-16(14)23-20-10;/h9,11,17H,3-8H2,1-2H3,(H,18,21);1H. The molecule has 3 rings (SSSR count). The van der Waals surface area contributed by atoms with Gasteiger partial charge in [-0.3, -0.25) is 4.79 Å². The Morgan fingerprint density at radius 1 is 1.38 bits per heavy atom. The second-order valence-corrected chi connectivity index (χ2v) is 5.82. The zero-order chi connectivity index (χ0) is 16.2. The fourth-order valence-electron chi connectivity index (χ4n) is 2.54. The second kappa shape index (κ2) is 8.41. The van der Waals surface area contributed by atoms with Crippen LogP contribution < -0.4 is 10.6 Å². The van der Waals surface area contributed by atoms with Crippen LogP contribution in [0.2, 0.25) is 0 Å². The number of nitrogens with one attached hydrogen (secondary N) is 2. The summed E-state index contributed by atoms with van der Waals surface area (Å²) in [5, 5.41) is 10.8. The van der Waals surface area contributed by atoms with Crippen LogP contribution in [-0.4, -0.2) is 49.4 Å². The van der Waals surface area contributed by atoms with Crippen LogP contribution in [0.3, 0.4) is 0 Å².